The minimum atomic E-state index is -0.483. The first-order valence-corrected chi connectivity index (χ1v) is 6.52. The Morgan fingerprint density at radius 1 is 0.824 bits per heavy atom. The van der Waals surface area contributed by atoms with Crippen LogP contribution in [0, 0.1) is 0 Å². The topological polar surface area (TPSA) is 52.6 Å². The molecule has 0 saturated heterocycles. The molecular formula is C13H24O4. The van der Waals surface area contributed by atoms with Gasteiger partial charge in [-0.2, -0.15) is 0 Å². The molecule has 0 spiro atoms. The molecule has 0 aliphatic heterocycles. The number of esters is 2. The normalized spacial score (nSPS) is 10.0. The monoisotopic (exact) mass is 244 g/mol. The molecule has 0 heterocycles. The summed E-state index contributed by atoms with van der Waals surface area (Å²) in [5, 5.41) is 0. The Kier molecular flexibility index (Phi) is 10.7. The van der Waals surface area contributed by atoms with E-state index >= 15 is 0 Å². The lowest BCUT2D eigenvalue weighted by Crippen LogP contribution is -2.16. The number of hydrogen-bond donors (Lipinski definition) is 0. The predicted molar refractivity (Wildman–Crippen MR) is 65.6 cm³/mol. The maximum Gasteiger partial charge on any atom is 0.344 e. The first kappa shape index (κ1) is 15.9. The van der Waals surface area contributed by atoms with Crippen molar-refractivity contribution in [3.05, 3.63) is 0 Å². The molecule has 0 bridgehead atoms. The lowest BCUT2D eigenvalue weighted by Gasteiger charge is -2.04. The maximum absolute atomic E-state index is 11.2. The summed E-state index contributed by atoms with van der Waals surface area (Å²) in [6.45, 7) is 3.94. The van der Waals surface area contributed by atoms with Crippen LogP contribution in [0.5, 0.6) is 0 Å². The van der Waals surface area contributed by atoms with Gasteiger partial charge in [0.1, 0.15) is 0 Å². The van der Waals surface area contributed by atoms with E-state index in [1.807, 2.05) is 0 Å². The predicted octanol–water partition coefficient (Wildman–Crippen LogP) is 2.84. The summed E-state index contributed by atoms with van der Waals surface area (Å²) in [4.78, 5) is 22.1. The van der Waals surface area contributed by atoms with Crippen molar-refractivity contribution < 1.29 is 19.1 Å². The summed E-state index contributed by atoms with van der Waals surface area (Å²) >= 11 is 0. The van der Waals surface area contributed by atoms with Crippen molar-refractivity contribution in [2.24, 2.45) is 0 Å². The van der Waals surface area contributed by atoms with Gasteiger partial charge in [0.05, 0.1) is 6.61 Å². The molecular weight excluding hydrogens is 220 g/mol. The smallest absolute Gasteiger partial charge is 0.344 e. The zero-order chi connectivity index (χ0) is 12.9. The van der Waals surface area contributed by atoms with Crippen molar-refractivity contribution in [1.29, 1.82) is 0 Å². The number of ether oxygens (including phenoxy) is 2. The molecule has 0 saturated carbocycles. The van der Waals surface area contributed by atoms with E-state index in [2.05, 4.69) is 11.7 Å². The van der Waals surface area contributed by atoms with Crippen LogP contribution in [0.1, 0.15) is 58.8 Å². The largest absolute Gasteiger partial charge is 0.463 e. The van der Waals surface area contributed by atoms with Crippen molar-refractivity contribution >= 4 is 11.9 Å². The van der Waals surface area contributed by atoms with Crippen LogP contribution in [0.2, 0.25) is 0 Å². The van der Waals surface area contributed by atoms with Crippen molar-refractivity contribution in [3.8, 4) is 0 Å². The number of rotatable bonds is 10. The highest BCUT2D eigenvalue weighted by Gasteiger charge is 2.07. The molecule has 17 heavy (non-hydrogen) atoms. The Balaban J connectivity index is 3.31. The highest BCUT2D eigenvalue weighted by molar-refractivity contribution is 5.76. The quantitative estimate of drug-likeness (QED) is 0.438. The van der Waals surface area contributed by atoms with E-state index in [0.29, 0.717) is 13.0 Å². The Hall–Kier alpha value is -1.06. The fourth-order valence-corrected chi connectivity index (χ4v) is 1.46. The van der Waals surface area contributed by atoms with E-state index in [1.54, 1.807) is 6.92 Å². The van der Waals surface area contributed by atoms with Gasteiger partial charge >= 0.3 is 11.9 Å². The Bertz CT molecular complexity index is 213. The van der Waals surface area contributed by atoms with Gasteiger partial charge < -0.3 is 9.47 Å². The minimum Gasteiger partial charge on any atom is -0.463 e. The van der Waals surface area contributed by atoms with Gasteiger partial charge in [-0.15, -0.1) is 0 Å². The third kappa shape index (κ3) is 11.2. The van der Waals surface area contributed by atoms with Gasteiger partial charge in [-0.05, 0) is 13.3 Å². The van der Waals surface area contributed by atoms with Gasteiger partial charge in [0.25, 0.3) is 0 Å². The van der Waals surface area contributed by atoms with Crippen LogP contribution >= 0.6 is 0 Å². The maximum atomic E-state index is 11.2. The molecule has 0 aliphatic carbocycles. The molecule has 0 aromatic carbocycles. The molecule has 100 valence electrons. The van der Waals surface area contributed by atoms with E-state index in [4.69, 9.17) is 4.74 Å². The first-order chi connectivity index (χ1) is 8.20. The summed E-state index contributed by atoms with van der Waals surface area (Å²) in [5.74, 6) is -0.794. The van der Waals surface area contributed by atoms with E-state index in [0.717, 1.165) is 12.8 Å². The van der Waals surface area contributed by atoms with Gasteiger partial charge in [0.15, 0.2) is 6.61 Å². The second kappa shape index (κ2) is 11.4. The van der Waals surface area contributed by atoms with Gasteiger partial charge in [0.2, 0.25) is 0 Å². The van der Waals surface area contributed by atoms with Gasteiger partial charge in [-0.25, -0.2) is 4.79 Å². The number of carbonyl (C=O) groups is 2. The fourth-order valence-electron chi connectivity index (χ4n) is 1.46. The third-order valence-corrected chi connectivity index (χ3v) is 2.39. The molecule has 0 amide bonds. The molecule has 0 fully saturated rings. The molecule has 0 N–H and O–H groups in total. The molecule has 0 unspecified atom stereocenters. The first-order valence-electron chi connectivity index (χ1n) is 6.52. The van der Waals surface area contributed by atoms with Crippen LogP contribution in [0.4, 0.5) is 0 Å². The second-order valence-electron chi connectivity index (χ2n) is 3.98. The zero-order valence-corrected chi connectivity index (χ0v) is 11.0. The van der Waals surface area contributed by atoms with E-state index in [1.165, 1.54) is 25.7 Å². The number of unbranched alkanes of at least 4 members (excludes halogenated alkanes) is 5. The molecule has 0 aliphatic rings. The van der Waals surface area contributed by atoms with Crippen LogP contribution in [0.25, 0.3) is 0 Å². The van der Waals surface area contributed by atoms with Crippen molar-refractivity contribution in [1.82, 2.24) is 0 Å². The van der Waals surface area contributed by atoms with E-state index in [-0.39, 0.29) is 12.6 Å². The van der Waals surface area contributed by atoms with Gasteiger partial charge in [-0.3, -0.25) is 4.79 Å². The average Bonchev–Trinajstić information content (AvgIpc) is 2.31. The van der Waals surface area contributed by atoms with Crippen LogP contribution in [0.15, 0.2) is 0 Å². The van der Waals surface area contributed by atoms with Crippen molar-refractivity contribution in [2.45, 2.75) is 58.8 Å². The van der Waals surface area contributed by atoms with Crippen LogP contribution in [0.3, 0.4) is 0 Å². The lowest BCUT2D eigenvalue weighted by atomic mass is 10.1. The SMILES string of the molecule is CCCCCCCCC(=O)OCC(=O)OCC. The summed E-state index contributed by atoms with van der Waals surface area (Å²) in [7, 11) is 0. The van der Waals surface area contributed by atoms with Crippen LogP contribution < -0.4 is 0 Å². The Morgan fingerprint density at radius 2 is 1.47 bits per heavy atom. The highest BCUT2D eigenvalue weighted by Crippen LogP contribution is 2.07. The number of hydrogen-bond acceptors (Lipinski definition) is 4. The van der Waals surface area contributed by atoms with E-state index in [9.17, 15) is 9.59 Å². The minimum absolute atomic E-state index is 0.261. The van der Waals surface area contributed by atoms with Gasteiger partial charge in [-0.1, -0.05) is 39.0 Å². The second-order valence-corrected chi connectivity index (χ2v) is 3.98. The third-order valence-electron chi connectivity index (χ3n) is 2.39. The molecule has 0 aromatic heterocycles. The highest BCUT2D eigenvalue weighted by atomic mass is 16.6. The fraction of sp³-hybridized carbons (Fsp3) is 0.846. The van der Waals surface area contributed by atoms with Crippen molar-refractivity contribution in [2.75, 3.05) is 13.2 Å². The standard InChI is InChI=1S/C13H24O4/c1-3-5-6-7-8-9-10-12(14)17-11-13(15)16-4-2/h3-11H2,1-2H3. The molecule has 0 atom stereocenters. The molecule has 4 nitrogen and oxygen atoms in total. The molecule has 0 rings (SSSR count). The summed E-state index contributed by atoms with van der Waals surface area (Å²) in [6, 6.07) is 0. The summed E-state index contributed by atoms with van der Waals surface area (Å²) in [5.41, 5.74) is 0. The molecule has 0 aromatic rings. The number of carbonyl (C=O) groups excluding carboxylic acids is 2. The molecule has 0 radical (unpaired) electrons. The van der Waals surface area contributed by atoms with Crippen molar-refractivity contribution in [3.63, 3.8) is 0 Å². The summed E-state index contributed by atoms with van der Waals surface area (Å²) < 4.78 is 9.42. The zero-order valence-electron chi connectivity index (χ0n) is 11.0. The van der Waals surface area contributed by atoms with E-state index < -0.39 is 5.97 Å². The average molecular weight is 244 g/mol. The Morgan fingerprint density at radius 3 is 2.12 bits per heavy atom. The van der Waals surface area contributed by atoms with Gasteiger partial charge in [0, 0.05) is 6.42 Å². The summed E-state index contributed by atoms with van der Waals surface area (Å²) in [6.07, 6.45) is 7.16. The lowest BCUT2D eigenvalue weighted by molar-refractivity contribution is -0.158. The molecule has 4 heteroatoms. The van der Waals surface area contributed by atoms with Crippen LogP contribution in [-0.4, -0.2) is 25.2 Å². The Labute approximate surface area is 104 Å². The van der Waals surface area contributed by atoms with Crippen LogP contribution in [-0.2, 0) is 19.1 Å².